The predicted octanol–water partition coefficient (Wildman–Crippen LogP) is 1.60. The molecule has 1 heterocycles. The molecule has 1 rings (SSSR count). The summed E-state index contributed by atoms with van der Waals surface area (Å²) < 4.78 is 10.6. The van der Waals surface area contributed by atoms with Gasteiger partial charge in [0, 0.05) is 12.2 Å². The molecule has 0 amide bonds. The second-order valence-corrected chi connectivity index (χ2v) is 3.10. The number of ether oxygens (including phenoxy) is 1. The third-order valence-corrected chi connectivity index (χ3v) is 2.24. The van der Waals surface area contributed by atoms with Crippen molar-refractivity contribution < 1.29 is 9.15 Å². The lowest BCUT2D eigenvalue weighted by atomic mass is 10.0. The van der Waals surface area contributed by atoms with E-state index in [1.807, 2.05) is 13.0 Å². The van der Waals surface area contributed by atoms with Gasteiger partial charge in [-0.1, -0.05) is 6.92 Å². The molecule has 1 aromatic heterocycles. The Balaban J connectivity index is 2.68. The smallest absolute Gasteiger partial charge is 0.0951 e. The normalized spacial score (nSPS) is 15.4. The third kappa shape index (κ3) is 2.57. The Morgan fingerprint density at radius 2 is 2.36 bits per heavy atom. The van der Waals surface area contributed by atoms with Crippen molar-refractivity contribution in [1.82, 2.24) is 5.43 Å². The van der Waals surface area contributed by atoms with Crippen LogP contribution in [-0.2, 0) is 4.74 Å². The van der Waals surface area contributed by atoms with Crippen molar-refractivity contribution in [2.24, 2.45) is 5.84 Å². The van der Waals surface area contributed by atoms with Crippen LogP contribution in [0, 0.1) is 0 Å². The first-order valence-electron chi connectivity index (χ1n) is 4.93. The number of hydrazine groups is 1. The molecule has 0 aliphatic heterocycles. The third-order valence-electron chi connectivity index (χ3n) is 2.24. The predicted molar refractivity (Wildman–Crippen MR) is 54.5 cm³/mol. The van der Waals surface area contributed by atoms with Crippen LogP contribution in [-0.4, -0.2) is 12.7 Å². The summed E-state index contributed by atoms with van der Waals surface area (Å²) in [5.41, 5.74) is 3.78. The van der Waals surface area contributed by atoms with Crippen molar-refractivity contribution in [2.45, 2.75) is 32.4 Å². The molecule has 1 aromatic rings. The molecule has 0 spiro atoms. The molecule has 2 unspecified atom stereocenters. The van der Waals surface area contributed by atoms with E-state index in [-0.39, 0.29) is 12.1 Å². The molecule has 0 saturated carbocycles. The van der Waals surface area contributed by atoms with Crippen molar-refractivity contribution in [3.05, 3.63) is 24.2 Å². The van der Waals surface area contributed by atoms with Crippen molar-refractivity contribution in [3.8, 4) is 0 Å². The van der Waals surface area contributed by atoms with Gasteiger partial charge in [0.25, 0.3) is 0 Å². The Hall–Kier alpha value is -0.840. The highest BCUT2D eigenvalue weighted by atomic mass is 16.5. The molecule has 80 valence electrons. The molecule has 3 N–H and O–H groups in total. The molecule has 0 aromatic carbocycles. The minimum Gasteiger partial charge on any atom is -0.472 e. The zero-order valence-corrected chi connectivity index (χ0v) is 8.69. The molecule has 4 heteroatoms. The summed E-state index contributed by atoms with van der Waals surface area (Å²) in [7, 11) is 0. The second kappa shape index (κ2) is 5.80. The summed E-state index contributed by atoms with van der Waals surface area (Å²) in [6, 6.07) is 1.89. The molecule has 0 aliphatic carbocycles. The van der Waals surface area contributed by atoms with Gasteiger partial charge in [-0.3, -0.25) is 11.3 Å². The Morgan fingerprint density at radius 1 is 1.57 bits per heavy atom. The van der Waals surface area contributed by atoms with E-state index >= 15 is 0 Å². The minimum atomic E-state index is -0.00120. The van der Waals surface area contributed by atoms with Gasteiger partial charge < -0.3 is 9.15 Å². The number of hydrogen-bond acceptors (Lipinski definition) is 4. The van der Waals surface area contributed by atoms with E-state index < -0.39 is 0 Å². The van der Waals surface area contributed by atoms with Gasteiger partial charge in [-0.2, -0.15) is 0 Å². The molecule has 14 heavy (non-hydrogen) atoms. The maximum Gasteiger partial charge on any atom is 0.0951 e. The molecular formula is C10H18N2O2. The van der Waals surface area contributed by atoms with Crippen LogP contribution in [0.5, 0.6) is 0 Å². The van der Waals surface area contributed by atoms with E-state index in [2.05, 4.69) is 12.3 Å². The fourth-order valence-electron chi connectivity index (χ4n) is 1.53. The van der Waals surface area contributed by atoms with Crippen LogP contribution in [0.15, 0.2) is 23.0 Å². The first-order chi connectivity index (χ1) is 6.83. The maximum atomic E-state index is 5.58. The molecule has 4 nitrogen and oxygen atoms in total. The Morgan fingerprint density at radius 3 is 2.79 bits per heavy atom. The van der Waals surface area contributed by atoms with Gasteiger partial charge in [-0.25, -0.2) is 0 Å². The highest BCUT2D eigenvalue weighted by molar-refractivity contribution is 5.13. The summed E-state index contributed by atoms with van der Waals surface area (Å²) in [6.07, 6.45) is 4.32. The van der Waals surface area contributed by atoms with Crippen LogP contribution in [0.2, 0.25) is 0 Å². The number of hydrogen-bond donors (Lipinski definition) is 2. The van der Waals surface area contributed by atoms with Crippen LogP contribution in [0.4, 0.5) is 0 Å². The van der Waals surface area contributed by atoms with E-state index in [0.29, 0.717) is 6.61 Å². The van der Waals surface area contributed by atoms with Crippen molar-refractivity contribution in [2.75, 3.05) is 6.61 Å². The van der Waals surface area contributed by atoms with E-state index in [1.54, 1.807) is 12.5 Å². The second-order valence-electron chi connectivity index (χ2n) is 3.10. The minimum absolute atomic E-state index is 0.00120. The average Bonchev–Trinajstić information content (AvgIpc) is 2.71. The van der Waals surface area contributed by atoms with E-state index in [9.17, 15) is 0 Å². The maximum absolute atomic E-state index is 5.58. The van der Waals surface area contributed by atoms with Crippen LogP contribution < -0.4 is 11.3 Å². The molecule has 0 saturated heterocycles. The summed E-state index contributed by atoms with van der Waals surface area (Å²) in [4.78, 5) is 0. The van der Waals surface area contributed by atoms with Gasteiger partial charge in [-0.15, -0.1) is 0 Å². The zero-order chi connectivity index (χ0) is 10.4. The first kappa shape index (κ1) is 11.2. The lowest BCUT2D eigenvalue weighted by molar-refractivity contribution is 0.0312. The van der Waals surface area contributed by atoms with Crippen LogP contribution in [0.25, 0.3) is 0 Å². The van der Waals surface area contributed by atoms with Crippen molar-refractivity contribution in [1.29, 1.82) is 0 Å². The Labute approximate surface area is 84.4 Å². The number of nitrogens with two attached hydrogens (primary N) is 1. The monoisotopic (exact) mass is 198 g/mol. The van der Waals surface area contributed by atoms with Crippen molar-refractivity contribution >= 4 is 0 Å². The first-order valence-corrected chi connectivity index (χ1v) is 4.93. The van der Waals surface area contributed by atoms with Crippen LogP contribution in [0.3, 0.4) is 0 Å². The van der Waals surface area contributed by atoms with Gasteiger partial charge >= 0.3 is 0 Å². The number of furan rings is 1. The molecule has 0 aliphatic rings. The molecular weight excluding hydrogens is 180 g/mol. The average molecular weight is 198 g/mol. The standard InChI is InChI=1S/C10H18N2O2/c1-3-9(14-4-2)10(12-11)8-5-6-13-7-8/h5-7,9-10,12H,3-4,11H2,1-2H3. The topological polar surface area (TPSA) is 60.4 Å². The van der Waals surface area contributed by atoms with Gasteiger partial charge in [0.05, 0.1) is 24.7 Å². The quantitative estimate of drug-likeness (QED) is 0.538. The van der Waals surface area contributed by atoms with Gasteiger partial charge in [0.15, 0.2) is 0 Å². The Bertz CT molecular complexity index is 236. The summed E-state index contributed by atoms with van der Waals surface area (Å²) in [5, 5.41) is 0. The highest BCUT2D eigenvalue weighted by Gasteiger charge is 2.21. The molecule has 0 bridgehead atoms. The van der Waals surface area contributed by atoms with Crippen molar-refractivity contribution in [3.63, 3.8) is 0 Å². The zero-order valence-electron chi connectivity index (χ0n) is 8.69. The van der Waals surface area contributed by atoms with Crippen LogP contribution in [0.1, 0.15) is 31.9 Å². The summed E-state index contributed by atoms with van der Waals surface area (Å²) in [6.45, 7) is 4.74. The fraction of sp³-hybridized carbons (Fsp3) is 0.600. The lowest BCUT2D eigenvalue weighted by Gasteiger charge is -2.24. The molecule has 2 atom stereocenters. The van der Waals surface area contributed by atoms with E-state index in [0.717, 1.165) is 12.0 Å². The van der Waals surface area contributed by atoms with Crippen LogP contribution >= 0.6 is 0 Å². The van der Waals surface area contributed by atoms with Gasteiger partial charge in [0.2, 0.25) is 0 Å². The number of nitrogens with one attached hydrogen (secondary N) is 1. The summed E-state index contributed by atoms with van der Waals surface area (Å²) in [5.74, 6) is 5.50. The largest absolute Gasteiger partial charge is 0.472 e. The highest BCUT2D eigenvalue weighted by Crippen LogP contribution is 2.21. The Kier molecular flexibility index (Phi) is 4.65. The number of rotatable bonds is 6. The molecule has 0 fully saturated rings. The van der Waals surface area contributed by atoms with E-state index in [4.69, 9.17) is 15.0 Å². The summed E-state index contributed by atoms with van der Waals surface area (Å²) >= 11 is 0. The molecule has 0 radical (unpaired) electrons. The van der Waals surface area contributed by atoms with Gasteiger partial charge in [-0.05, 0) is 19.4 Å². The fourth-order valence-corrected chi connectivity index (χ4v) is 1.53. The van der Waals surface area contributed by atoms with Gasteiger partial charge in [0.1, 0.15) is 0 Å². The SMILES string of the molecule is CCOC(CC)C(NN)c1ccoc1. The lowest BCUT2D eigenvalue weighted by Crippen LogP contribution is -2.37. The van der Waals surface area contributed by atoms with E-state index in [1.165, 1.54) is 0 Å².